The minimum Gasteiger partial charge on any atom is -0.481 e. The number of carboxylic acids is 1. The van der Waals surface area contributed by atoms with Gasteiger partial charge in [-0.2, -0.15) is 0 Å². The van der Waals surface area contributed by atoms with Crippen molar-refractivity contribution < 1.29 is 19.4 Å². The first-order valence-corrected chi connectivity index (χ1v) is 5.20. The van der Waals surface area contributed by atoms with E-state index in [1.165, 1.54) is 0 Å². The first-order chi connectivity index (χ1) is 7.68. The van der Waals surface area contributed by atoms with Gasteiger partial charge in [0, 0.05) is 12.7 Å². The summed E-state index contributed by atoms with van der Waals surface area (Å²) in [6, 6.07) is -0.375. The third-order valence-corrected chi connectivity index (χ3v) is 2.17. The highest BCUT2D eigenvalue weighted by Gasteiger charge is 2.06. The molecule has 90 valence electrons. The fourth-order valence-electron chi connectivity index (χ4n) is 1.28. The smallest absolute Gasteiger partial charge is 0.318 e. The fraction of sp³-hybridized carbons (Fsp3) is 0.600. The molecule has 1 saturated heterocycles. The Morgan fingerprint density at radius 1 is 1.38 bits per heavy atom. The van der Waals surface area contributed by atoms with Crippen LogP contribution in [0.15, 0.2) is 11.8 Å². The predicted octanol–water partition coefficient (Wildman–Crippen LogP) is 0.455. The molecule has 1 heterocycles. The van der Waals surface area contributed by atoms with Crippen LogP contribution in [0.5, 0.6) is 0 Å². The number of nitrogens with one attached hydrogen (secondary N) is 2. The number of carbonyl (C=O) groups excluding carboxylic acids is 1. The van der Waals surface area contributed by atoms with Crippen molar-refractivity contribution in [1.29, 1.82) is 0 Å². The summed E-state index contributed by atoms with van der Waals surface area (Å²) in [5.74, 6) is -0.928. The Hall–Kier alpha value is -1.56. The number of carbonyl (C=O) groups is 2. The van der Waals surface area contributed by atoms with Gasteiger partial charge in [0.15, 0.2) is 0 Å². The molecule has 0 saturated carbocycles. The van der Waals surface area contributed by atoms with Crippen molar-refractivity contribution >= 4 is 12.0 Å². The number of amides is 2. The molecular formula is C10H16N2O4. The molecule has 0 radical (unpaired) electrons. The quantitative estimate of drug-likeness (QED) is 0.652. The lowest BCUT2D eigenvalue weighted by molar-refractivity contribution is -0.136. The van der Waals surface area contributed by atoms with E-state index in [4.69, 9.17) is 9.84 Å². The monoisotopic (exact) mass is 228 g/mol. The number of urea groups is 1. The van der Waals surface area contributed by atoms with E-state index in [1.54, 1.807) is 6.20 Å². The summed E-state index contributed by atoms with van der Waals surface area (Å²) in [7, 11) is 0. The largest absolute Gasteiger partial charge is 0.481 e. The standard InChI is InChI=1S/C10H16N2O4/c13-9(14)1-4-11-10(15)12-7-8-2-5-16-6-3-8/h7H,1-6H2,(H,13,14)(H2,11,12,15). The molecule has 0 aromatic carbocycles. The molecular weight excluding hydrogens is 212 g/mol. The molecule has 0 bridgehead atoms. The van der Waals surface area contributed by atoms with Gasteiger partial charge in [0.1, 0.15) is 0 Å². The highest BCUT2D eigenvalue weighted by molar-refractivity contribution is 5.75. The first-order valence-electron chi connectivity index (χ1n) is 5.20. The number of aliphatic carboxylic acids is 1. The average molecular weight is 228 g/mol. The van der Waals surface area contributed by atoms with Crippen LogP contribution in [0.4, 0.5) is 4.79 Å². The molecule has 6 heteroatoms. The number of hydrogen-bond donors (Lipinski definition) is 3. The van der Waals surface area contributed by atoms with Crippen molar-refractivity contribution in [1.82, 2.24) is 10.6 Å². The fourth-order valence-corrected chi connectivity index (χ4v) is 1.28. The highest BCUT2D eigenvalue weighted by Crippen LogP contribution is 2.11. The molecule has 1 aliphatic heterocycles. The van der Waals surface area contributed by atoms with Crippen molar-refractivity contribution in [3.05, 3.63) is 11.8 Å². The van der Waals surface area contributed by atoms with Crippen LogP contribution in [0.2, 0.25) is 0 Å². The lowest BCUT2D eigenvalue weighted by Crippen LogP contribution is -2.34. The van der Waals surface area contributed by atoms with Gasteiger partial charge in [0.25, 0.3) is 0 Å². The second-order valence-electron chi connectivity index (χ2n) is 3.46. The van der Waals surface area contributed by atoms with E-state index in [9.17, 15) is 9.59 Å². The van der Waals surface area contributed by atoms with Gasteiger partial charge >= 0.3 is 12.0 Å². The molecule has 0 spiro atoms. The van der Waals surface area contributed by atoms with Crippen LogP contribution in [0.25, 0.3) is 0 Å². The van der Waals surface area contributed by atoms with Gasteiger partial charge in [-0.15, -0.1) is 0 Å². The van der Waals surface area contributed by atoms with Gasteiger partial charge in [0.05, 0.1) is 19.6 Å². The zero-order valence-electron chi connectivity index (χ0n) is 8.99. The topological polar surface area (TPSA) is 87.7 Å². The maximum atomic E-state index is 11.2. The summed E-state index contributed by atoms with van der Waals surface area (Å²) in [6.45, 7) is 1.51. The molecule has 0 unspecified atom stereocenters. The van der Waals surface area contributed by atoms with Crippen molar-refractivity contribution in [3.8, 4) is 0 Å². The van der Waals surface area contributed by atoms with E-state index in [0.717, 1.165) is 18.4 Å². The Bertz CT molecular complexity index is 281. The van der Waals surface area contributed by atoms with Crippen LogP contribution in [-0.2, 0) is 9.53 Å². The zero-order chi connectivity index (χ0) is 11.8. The van der Waals surface area contributed by atoms with Crippen LogP contribution < -0.4 is 10.6 Å². The van der Waals surface area contributed by atoms with E-state index in [2.05, 4.69) is 10.6 Å². The van der Waals surface area contributed by atoms with Crippen molar-refractivity contribution in [2.24, 2.45) is 0 Å². The van der Waals surface area contributed by atoms with Crippen LogP contribution in [0.1, 0.15) is 19.3 Å². The third-order valence-electron chi connectivity index (χ3n) is 2.17. The summed E-state index contributed by atoms with van der Waals surface area (Å²) in [4.78, 5) is 21.4. The van der Waals surface area contributed by atoms with E-state index in [1.807, 2.05) is 0 Å². The SMILES string of the molecule is O=C(O)CCNC(=O)NC=C1CCOCC1. The number of ether oxygens (including phenoxy) is 1. The number of hydrogen-bond acceptors (Lipinski definition) is 3. The van der Waals surface area contributed by atoms with Gasteiger partial charge in [-0.3, -0.25) is 4.79 Å². The summed E-state index contributed by atoms with van der Waals surface area (Å²) in [5.41, 5.74) is 1.14. The minimum atomic E-state index is -0.928. The van der Waals surface area contributed by atoms with Gasteiger partial charge in [-0.1, -0.05) is 0 Å². The molecule has 0 aliphatic carbocycles. The summed E-state index contributed by atoms with van der Waals surface area (Å²) in [5, 5.41) is 13.4. The Kier molecular flexibility index (Phi) is 5.35. The van der Waals surface area contributed by atoms with Crippen molar-refractivity contribution in [3.63, 3.8) is 0 Å². The van der Waals surface area contributed by atoms with Gasteiger partial charge in [0.2, 0.25) is 0 Å². The van der Waals surface area contributed by atoms with Gasteiger partial charge in [-0.25, -0.2) is 4.79 Å². The van der Waals surface area contributed by atoms with Crippen LogP contribution in [0, 0.1) is 0 Å². The van der Waals surface area contributed by atoms with E-state index >= 15 is 0 Å². The number of carboxylic acid groups (broad SMARTS) is 1. The van der Waals surface area contributed by atoms with E-state index < -0.39 is 5.97 Å². The lowest BCUT2D eigenvalue weighted by Gasteiger charge is -2.14. The number of rotatable bonds is 4. The highest BCUT2D eigenvalue weighted by atomic mass is 16.5. The molecule has 0 aromatic heterocycles. The Balaban J connectivity index is 2.15. The van der Waals surface area contributed by atoms with Gasteiger partial charge < -0.3 is 20.5 Å². The molecule has 0 atom stereocenters. The van der Waals surface area contributed by atoms with Crippen LogP contribution >= 0.6 is 0 Å². The predicted molar refractivity (Wildman–Crippen MR) is 56.9 cm³/mol. The molecule has 0 aromatic rings. The van der Waals surface area contributed by atoms with Crippen molar-refractivity contribution in [2.45, 2.75) is 19.3 Å². The minimum absolute atomic E-state index is 0.0716. The molecule has 1 rings (SSSR count). The Labute approximate surface area is 93.7 Å². The summed E-state index contributed by atoms with van der Waals surface area (Å²) < 4.78 is 5.16. The van der Waals surface area contributed by atoms with E-state index in [0.29, 0.717) is 13.2 Å². The summed E-state index contributed by atoms with van der Waals surface area (Å²) >= 11 is 0. The van der Waals surface area contributed by atoms with Crippen LogP contribution in [0.3, 0.4) is 0 Å². The first kappa shape index (κ1) is 12.5. The molecule has 1 aliphatic rings. The third kappa shape index (κ3) is 5.35. The van der Waals surface area contributed by atoms with Gasteiger partial charge in [-0.05, 0) is 18.4 Å². The maximum Gasteiger partial charge on any atom is 0.318 e. The molecule has 16 heavy (non-hydrogen) atoms. The Morgan fingerprint density at radius 3 is 2.69 bits per heavy atom. The molecule has 6 nitrogen and oxygen atoms in total. The molecule has 2 amide bonds. The zero-order valence-corrected chi connectivity index (χ0v) is 8.99. The second-order valence-corrected chi connectivity index (χ2v) is 3.46. The molecule has 3 N–H and O–H groups in total. The van der Waals surface area contributed by atoms with E-state index in [-0.39, 0.29) is 19.0 Å². The van der Waals surface area contributed by atoms with Crippen molar-refractivity contribution in [2.75, 3.05) is 19.8 Å². The summed E-state index contributed by atoms with van der Waals surface area (Å²) in [6.07, 6.45) is 3.25. The average Bonchev–Trinajstić information content (AvgIpc) is 2.27. The normalized spacial score (nSPS) is 15.4. The second kappa shape index (κ2) is 6.84. The Morgan fingerprint density at radius 2 is 2.06 bits per heavy atom. The van der Waals surface area contributed by atoms with Crippen LogP contribution in [-0.4, -0.2) is 36.9 Å². The lowest BCUT2D eigenvalue weighted by atomic mass is 10.1. The molecule has 1 fully saturated rings. The maximum absolute atomic E-state index is 11.2.